The smallest absolute Gasteiger partial charge is 0.325 e. The number of nitrogens with one attached hydrogen (secondary N) is 2. The molecule has 0 radical (unpaired) electrons. The SMILES string of the molecule is O=C(CN1C(=O)NC2(CCc3ccccc32)C1=O)NCc1ccc2c(c1)OCO2. The fraction of sp³-hybridized carbons (Fsp3) is 0.286. The number of benzene rings is 2. The number of aryl methyl sites for hydroxylation is 1. The van der Waals surface area contributed by atoms with Crippen molar-refractivity contribution < 1.29 is 23.9 Å². The molecule has 0 saturated carbocycles. The van der Waals surface area contributed by atoms with Gasteiger partial charge in [-0.2, -0.15) is 0 Å². The van der Waals surface area contributed by atoms with E-state index in [0.29, 0.717) is 24.3 Å². The van der Waals surface area contributed by atoms with Crippen LogP contribution >= 0.6 is 0 Å². The Hall–Kier alpha value is -3.55. The van der Waals surface area contributed by atoms with Crippen LogP contribution in [0.5, 0.6) is 11.5 Å². The van der Waals surface area contributed by atoms with Gasteiger partial charge in [-0.15, -0.1) is 0 Å². The second-order valence-corrected chi connectivity index (χ2v) is 7.35. The number of imide groups is 1. The van der Waals surface area contributed by atoms with Gasteiger partial charge in [0.15, 0.2) is 11.5 Å². The predicted octanol–water partition coefficient (Wildman–Crippen LogP) is 1.42. The number of nitrogens with zero attached hydrogens (tertiary/aromatic N) is 1. The molecule has 1 unspecified atom stereocenters. The van der Waals surface area contributed by atoms with Crippen molar-refractivity contribution in [3.63, 3.8) is 0 Å². The molecule has 8 heteroatoms. The number of amides is 4. The lowest BCUT2D eigenvalue weighted by Gasteiger charge is -2.22. The van der Waals surface area contributed by atoms with Crippen molar-refractivity contribution in [3.05, 3.63) is 59.2 Å². The van der Waals surface area contributed by atoms with Crippen molar-refractivity contribution >= 4 is 17.8 Å². The molecule has 1 aliphatic carbocycles. The highest BCUT2D eigenvalue weighted by atomic mass is 16.7. The Morgan fingerprint density at radius 2 is 1.97 bits per heavy atom. The Morgan fingerprint density at radius 3 is 2.86 bits per heavy atom. The lowest BCUT2D eigenvalue weighted by molar-refractivity contribution is -0.135. The number of carbonyl (C=O) groups is 3. The molecular weight excluding hydrogens is 374 g/mol. The molecule has 1 saturated heterocycles. The van der Waals surface area contributed by atoms with Crippen molar-refractivity contribution in [1.82, 2.24) is 15.5 Å². The Bertz CT molecular complexity index is 1040. The summed E-state index contributed by atoms with van der Waals surface area (Å²) in [7, 11) is 0. The molecular formula is C21H19N3O5. The minimum Gasteiger partial charge on any atom is -0.454 e. The third-order valence-corrected chi connectivity index (χ3v) is 5.65. The normalized spacial score (nSPS) is 21.4. The van der Waals surface area contributed by atoms with Gasteiger partial charge in [-0.05, 0) is 41.7 Å². The highest BCUT2D eigenvalue weighted by Gasteiger charge is 2.55. The summed E-state index contributed by atoms with van der Waals surface area (Å²) in [4.78, 5) is 39.0. The van der Waals surface area contributed by atoms with E-state index in [1.165, 1.54) is 0 Å². The van der Waals surface area contributed by atoms with Crippen molar-refractivity contribution in [3.8, 4) is 11.5 Å². The maximum absolute atomic E-state index is 13.1. The Balaban J connectivity index is 1.26. The van der Waals surface area contributed by atoms with E-state index in [0.717, 1.165) is 21.6 Å². The summed E-state index contributed by atoms with van der Waals surface area (Å²) in [6.45, 7) is 0.119. The molecule has 1 fully saturated rings. The van der Waals surface area contributed by atoms with Gasteiger partial charge in [0, 0.05) is 6.54 Å². The van der Waals surface area contributed by atoms with Gasteiger partial charge in [-0.25, -0.2) is 4.79 Å². The first-order valence-electron chi connectivity index (χ1n) is 9.44. The topological polar surface area (TPSA) is 97.0 Å². The summed E-state index contributed by atoms with van der Waals surface area (Å²) in [6.07, 6.45) is 1.22. The number of urea groups is 1. The molecule has 0 bridgehead atoms. The summed E-state index contributed by atoms with van der Waals surface area (Å²) >= 11 is 0. The highest BCUT2D eigenvalue weighted by Crippen LogP contribution is 2.41. The first kappa shape index (κ1) is 17.5. The van der Waals surface area contributed by atoms with Gasteiger partial charge in [-0.1, -0.05) is 30.3 Å². The second kappa shape index (κ2) is 6.51. The average Bonchev–Trinajstić information content (AvgIpc) is 3.40. The minimum absolute atomic E-state index is 0.183. The molecule has 148 valence electrons. The molecule has 8 nitrogen and oxygen atoms in total. The van der Waals surface area contributed by atoms with Crippen molar-refractivity contribution in [2.45, 2.75) is 24.9 Å². The molecule has 2 aromatic carbocycles. The van der Waals surface area contributed by atoms with Crippen LogP contribution in [0.15, 0.2) is 42.5 Å². The second-order valence-electron chi connectivity index (χ2n) is 7.35. The third kappa shape index (κ3) is 2.79. The molecule has 5 rings (SSSR count). The van der Waals surface area contributed by atoms with Crippen LogP contribution in [-0.2, 0) is 28.1 Å². The van der Waals surface area contributed by atoms with E-state index in [4.69, 9.17) is 9.47 Å². The van der Waals surface area contributed by atoms with Gasteiger partial charge in [0.1, 0.15) is 12.1 Å². The van der Waals surface area contributed by atoms with Crippen molar-refractivity contribution in [2.75, 3.05) is 13.3 Å². The van der Waals surface area contributed by atoms with Crippen LogP contribution in [0.2, 0.25) is 0 Å². The van der Waals surface area contributed by atoms with Crippen molar-refractivity contribution in [1.29, 1.82) is 0 Å². The third-order valence-electron chi connectivity index (χ3n) is 5.65. The first-order chi connectivity index (χ1) is 14.1. The van der Waals surface area contributed by atoms with Crippen LogP contribution in [0.25, 0.3) is 0 Å². The zero-order valence-corrected chi connectivity index (χ0v) is 15.6. The van der Waals surface area contributed by atoms with E-state index in [1.807, 2.05) is 30.3 Å². The van der Waals surface area contributed by atoms with E-state index in [-0.39, 0.29) is 25.8 Å². The molecule has 29 heavy (non-hydrogen) atoms. The van der Waals surface area contributed by atoms with E-state index < -0.39 is 17.5 Å². The Labute approximate surface area is 166 Å². The lowest BCUT2D eigenvalue weighted by Crippen LogP contribution is -2.43. The van der Waals surface area contributed by atoms with Crippen molar-refractivity contribution in [2.24, 2.45) is 0 Å². The predicted molar refractivity (Wildman–Crippen MR) is 101 cm³/mol. The summed E-state index contributed by atoms with van der Waals surface area (Å²) in [5, 5.41) is 5.57. The molecule has 4 amide bonds. The Morgan fingerprint density at radius 1 is 1.14 bits per heavy atom. The summed E-state index contributed by atoms with van der Waals surface area (Å²) < 4.78 is 10.6. The van der Waals surface area contributed by atoms with Crippen LogP contribution in [0, 0.1) is 0 Å². The standard InChI is InChI=1S/C21H19N3O5/c25-18(22-10-13-5-6-16-17(9-13)29-12-28-16)11-24-19(26)21(23-20(24)27)8-7-14-3-1-2-4-15(14)21/h1-6,9H,7-8,10-12H2,(H,22,25)(H,23,27). The number of rotatable bonds is 4. The van der Waals surface area contributed by atoms with Crippen LogP contribution in [0.1, 0.15) is 23.1 Å². The molecule has 3 aliphatic rings. The zero-order valence-electron chi connectivity index (χ0n) is 15.6. The van der Waals surface area contributed by atoms with Crippen LogP contribution in [0.4, 0.5) is 4.79 Å². The van der Waals surface area contributed by atoms with Crippen LogP contribution < -0.4 is 20.1 Å². The van der Waals surface area contributed by atoms with E-state index in [1.54, 1.807) is 12.1 Å². The Kier molecular flexibility index (Phi) is 3.94. The van der Waals surface area contributed by atoms with Crippen LogP contribution in [0.3, 0.4) is 0 Å². The largest absolute Gasteiger partial charge is 0.454 e. The fourth-order valence-electron chi connectivity index (χ4n) is 4.18. The maximum Gasteiger partial charge on any atom is 0.325 e. The minimum atomic E-state index is -1.05. The van der Waals surface area contributed by atoms with Gasteiger partial charge in [0.05, 0.1) is 0 Å². The van der Waals surface area contributed by atoms with Gasteiger partial charge in [0.25, 0.3) is 5.91 Å². The molecule has 1 spiro atoms. The average molecular weight is 393 g/mol. The lowest BCUT2D eigenvalue weighted by atomic mass is 9.92. The zero-order chi connectivity index (χ0) is 20.0. The first-order valence-corrected chi connectivity index (χ1v) is 9.44. The maximum atomic E-state index is 13.1. The molecule has 2 aliphatic heterocycles. The molecule has 0 aromatic heterocycles. The highest BCUT2D eigenvalue weighted by molar-refractivity contribution is 6.09. The number of hydrogen-bond acceptors (Lipinski definition) is 5. The number of ether oxygens (including phenoxy) is 2. The number of fused-ring (bicyclic) bond motifs is 3. The van der Waals surface area contributed by atoms with E-state index in [9.17, 15) is 14.4 Å². The number of hydrogen-bond donors (Lipinski definition) is 2. The van der Waals surface area contributed by atoms with Gasteiger partial charge >= 0.3 is 6.03 Å². The summed E-state index contributed by atoms with van der Waals surface area (Å²) in [6, 6.07) is 12.5. The molecule has 2 aromatic rings. The molecule has 2 N–H and O–H groups in total. The molecule has 2 heterocycles. The van der Waals surface area contributed by atoms with Crippen LogP contribution in [-0.4, -0.2) is 36.1 Å². The van der Waals surface area contributed by atoms with E-state index >= 15 is 0 Å². The number of carbonyl (C=O) groups excluding carboxylic acids is 3. The van der Waals surface area contributed by atoms with E-state index in [2.05, 4.69) is 10.6 Å². The van der Waals surface area contributed by atoms with Gasteiger partial charge in [0.2, 0.25) is 12.7 Å². The fourth-order valence-corrected chi connectivity index (χ4v) is 4.18. The quantitative estimate of drug-likeness (QED) is 0.766. The van der Waals surface area contributed by atoms with Gasteiger partial charge < -0.3 is 20.1 Å². The summed E-state index contributed by atoms with van der Waals surface area (Å²) in [5.41, 5.74) is 1.66. The van der Waals surface area contributed by atoms with Gasteiger partial charge in [-0.3, -0.25) is 14.5 Å². The summed E-state index contributed by atoms with van der Waals surface area (Å²) in [5.74, 6) is 0.523. The monoisotopic (exact) mass is 393 g/mol. The molecule has 1 atom stereocenters.